The summed E-state index contributed by atoms with van der Waals surface area (Å²) in [4.78, 5) is 10.1. The first-order chi connectivity index (χ1) is 9.97. The number of rotatable bonds is 4. The third-order valence-corrected chi connectivity index (χ3v) is 3.20. The van der Waals surface area contributed by atoms with Gasteiger partial charge in [0.15, 0.2) is 0 Å². The van der Waals surface area contributed by atoms with Crippen LogP contribution in [0.1, 0.15) is 5.56 Å². The zero-order valence-electron chi connectivity index (χ0n) is 10.5. The van der Waals surface area contributed by atoms with Gasteiger partial charge < -0.3 is 5.11 Å². The number of phenolic OH excluding ortho intramolecular Hbond substituents is 1. The molecule has 2 aromatic rings. The number of hydrazone groups is 1. The van der Waals surface area contributed by atoms with Crippen LogP contribution in [-0.4, -0.2) is 16.2 Å². The molecule has 0 heterocycles. The molecule has 0 amide bonds. The lowest BCUT2D eigenvalue weighted by molar-refractivity contribution is -0.384. The normalized spacial score (nSPS) is 10.8. The van der Waals surface area contributed by atoms with E-state index in [0.717, 1.165) is 0 Å². The van der Waals surface area contributed by atoms with Crippen LogP contribution in [-0.2, 0) is 0 Å². The van der Waals surface area contributed by atoms with Gasteiger partial charge in [-0.2, -0.15) is 5.10 Å². The van der Waals surface area contributed by atoms with Crippen molar-refractivity contribution in [3.05, 3.63) is 62.4 Å². The van der Waals surface area contributed by atoms with Crippen molar-refractivity contribution in [3.63, 3.8) is 0 Å². The molecule has 0 unspecified atom stereocenters. The molecule has 0 spiro atoms. The van der Waals surface area contributed by atoms with E-state index in [0.29, 0.717) is 10.2 Å². The average Bonchev–Trinajstić information content (AvgIpc) is 2.43. The number of phenols is 1. The summed E-state index contributed by atoms with van der Waals surface area (Å²) in [6, 6.07) is 7.60. The van der Waals surface area contributed by atoms with E-state index in [1.54, 1.807) is 0 Å². The Morgan fingerprint density at radius 2 is 2.10 bits per heavy atom. The van der Waals surface area contributed by atoms with E-state index in [4.69, 9.17) is 0 Å². The van der Waals surface area contributed by atoms with Gasteiger partial charge >= 0.3 is 0 Å². The van der Waals surface area contributed by atoms with E-state index in [2.05, 4.69) is 26.5 Å². The first-order valence-corrected chi connectivity index (χ1v) is 6.48. The van der Waals surface area contributed by atoms with Gasteiger partial charge in [-0.1, -0.05) is 0 Å². The maximum Gasteiger partial charge on any atom is 0.270 e. The predicted molar refractivity (Wildman–Crippen MR) is 80.1 cm³/mol. The van der Waals surface area contributed by atoms with Gasteiger partial charge in [0.2, 0.25) is 0 Å². The number of halogens is 2. The Morgan fingerprint density at radius 3 is 2.76 bits per heavy atom. The molecule has 0 saturated heterocycles. The van der Waals surface area contributed by atoms with Crippen molar-refractivity contribution < 1.29 is 14.4 Å². The number of non-ortho nitro benzene ring substituents is 1. The van der Waals surface area contributed by atoms with Crippen LogP contribution < -0.4 is 5.43 Å². The summed E-state index contributed by atoms with van der Waals surface area (Å²) in [5.41, 5.74) is 3.19. The second-order valence-corrected chi connectivity index (χ2v) is 4.85. The summed E-state index contributed by atoms with van der Waals surface area (Å²) in [6.45, 7) is 0. The molecule has 108 valence electrons. The molecule has 0 atom stereocenters. The van der Waals surface area contributed by atoms with E-state index in [9.17, 15) is 19.6 Å². The lowest BCUT2D eigenvalue weighted by Crippen LogP contribution is -1.94. The van der Waals surface area contributed by atoms with Gasteiger partial charge in [0, 0.05) is 22.2 Å². The predicted octanol–water partition coefficient (Wildman–Crippen LogP) is 3.65. The van der Waals surface area contributed by atoms with Crippen molar-refractivity contribution in [2.24, 2.45) is 5.10 Å². The topological polar surface area (TPSA) is 87.8 Å². The van der Waals surface area contributed by atoms with Gasteiger partial charge in [-0.15, -0.1) is 0 Å². The fourth-order valence-corrected chi connectivity index (χ4v) is 1.95. The van der Waals surface area contributed by atoms with Crippen LogP contribution in [0.4, 0.5) is 15.8 Å². The molecule has 2 rings (SSSR count). The fourth-order valence-electron chi connectivity index (χ4n) is 1.51. The second-order valence-electron chi connectivity index (χ2n) is 3.99. The van der Waals surface area contributed by atoms with E-state index in [1.807, 2.05) is 0 Å². The molecule has 0 radical (unpaired) electrons. The van der Waals surface area contributed by atoms with Crippen LogP contribution >= 0.6 is 15.9 Å². The number of nitro groups is 1. The summed E-state index contributed by atoms with van der Waals surface area (Å²) < 4.78 is 13.4. The molecule has 21 heavy (non-hydrogen) atoms. The van der Waals surface area contributed by atoms with Crippen LogP contribution in [0.3, 0.4) is 0 Å². The summed E-state index contributed by atoms with van der Waals surface area (Å²) in [5, 5.41) is 24.1. The third-order valence-electron chi connectivity index (χ3n) is 2.54. The highest BCUT2D eigenvalue weighted by Gasteiger charge is 2.08. The molecule has 0 aromatic heterocycles. The fraction of sp³-hybridized carbons (Fsp3) is 0. The third kappa shape index (κ3) is 3.76. The quantitative estimate of drug-likeness (QED) is 0.498. The first kappa shape index (κ1) is 14.9. The van der Waals surface area contributed by atoms with Crippen molar-refractivity contribution in [1.29, 1.82) is 0 Å². The summed E-state index contributed by atoms with van der Waals surface area (Å²) in [5.74, 6) is -0.531. The van der Waals surface area contributed by atoms with E-state index < -0.39 is 10.7 Å². The summed E-state index contributed by atoms with van der Waals surface area (Å²) in [6.07, 6.45) is 1.23. The number of anilines is 1. The molecule has 0 aliphatic rings. The first-order valence-electron chi connectivity index (χ1n) is 5.69. The Kier molecular flexibility index (Phi) is 4.49. The number of hydrogen-bond acceptors (Lipinski definition) is 5. The summed E-state index contributed by atoms with van der Waals surface area (Å²) >= 11 is 3.16. The van der Waals surface area contributed by atoms with Crippen molar-refractivity contribution in [2.75, 3.05) is 5.43 Å². The minimum absolute atomic E-state index is 0.135. The number of benzene rings is 2. The zero-order chi connectivity index (χ0) is 15.4. The van der Waals surface area contributed by atoms with Crippen LogP contribution in [0.25, 0.3) is 0 Å². The van der Waals surface area contributed by atoms with Crippen LogP contribution in [0.2, 0.25) is 0 Å². The van der Waals surface area contributed by atoms with E-state index in [-0.39, 0.29) is 17.0 Å². The number of aromatic hydroxyl groups is 1. The minimum Gasteiger partial charge on any atom is -0.507 e. The monoisotopic (exact) mass is 353 g/mol. The van der Waals surface area contributed by atoms with Gasteiger partial charge in [0.25, 0.3) is 5.69 Å². The average molecular weight is 354 g/mol. The molecule has 2 aromatic carbocycles. The maximum absolute atomic E-state index is 12.9. The Hall–Kier alpha value is -2.48. The van der Waals surface area contributed by atoms with Crippen LogP contribution in [0, 0.1) is 15.9 Å². The lowest BCUT2D eigenvalue weighted by Gasteiger charge is -2.03. The van der Waals surface area contributed by atoms with Crippen molar-refractivity contribution in [3.8, 4) is 5.75 Å². The zero-order valence-corrected chi connectivity index (χ0v) is 12.0. The molecule has 2 N–H and O–H groups in total. The van der Waals surface area contributed by atoms with E-state index in [1.165, 1.54) is 42.6 Å². The highest BCUT2D eigenvalue weighted by Crippen LogP contribution is 2.24. The highest BCUT2D eigenvalue weighted by molar-refractivity contribution is 9.10. The molecule has 0 aliphatic heterocycles. The summed E-state index contributed by atoms with van der Waals surface area (Å²) in [7, 11) is 0. The molecule has 0 bridgehead atoms. The highest BCUT2D eigenvalue weighted by atomic mass is 79.9. The Balaban J connectivity index is 2.17. The maximum atomic E-state index is 12.9. The van der Waals surface area contributed by atoms with Crippen LogP contribution in [0.15, 0.2) is 46.0 Å². The Bertz CT molecular complexity index is 722. The lowest BCUT2D eigenvalue weighted by atomic mass is 10.2. The molecule has 8 heteroatoms. The standard InChI is InChI=1S/C13H9BrFN3O3/c14-11-6-9(15)1-3-12(11)17-16-7-8-5-10(18(20)21)2-4-13(8)19/h1-7,17,19H/b16-7+. The smallest absolute Gasteiger partial charge is 0.270 e. The Morgan fingerprint density at radius 1 is 1.33 bits per heavy atom. The molecular formula is C13H9BrFN3O3. The van der Waals surface area contributed by atoms with Crippen LogP contribution in [0.5, 0.6) is 5.75 Å². The molecule has 6 nitrogen and oxygen atoms in total. The van der Waals surface area contributed by atoms with Crippen molar-refractivity contribution >= 4 is 33.5 Å². The minimum atomic E-state index is -0.569. The number of nitro benzene ring substituents is 1. The van der Waals surface area contributed by atoms with Gasteiger partial charge in [0.05, 0.1) is 16.8 Å². The van der Waals surface area contributed by atoms with Gasteiger partial charge in [-0.3, -0.25) is 15.5 Å². The molecule has 0 fully saturated rings. The number of nitrogens with zero attached hydrogens (tertiary/aromatic N) is 2. The SMILES string of the molecule is O=[N+]([O-])c1ccc(O)c(/C=N/Nc2ccc(F)cc2Br)c1. The van der Waals surface area contributed by atoms with Crippen molar-refractivity contribution in [1.82, 2.24) is 0 Å². The molecular weight excluding hydrogens is 345 g/mol. The Labute approximate surface area is 127 Å². The number of hydrogen-bond donors (Lipinski definition) is 2. The van der Waals surface area contributed by atoms with Crippen molar-refractivity contribution in [2.45, 2.75) is 0 Å². The largest absolute Gasteiger partial charge is 0.507 e. The second kappa shape index (κ2) is 6.31. The number of nitrogens with one attached hydrogen (secondary N) is 1. The van der Waals surface area contributed by atoms with Gasteiger partial charge in [-0.25, -0.2) is 4.39 Å². The van der Waals surface area contributed by atoms with E-state index >= 15 is 0 Å². The van der Waals surface area contributed by atoms with Gasteiger partial charge in [0.1, 0.15) is 11.6 Å². The molecule has 0 saturated carbocycles. The van der Waals surface area contributed by atoms with Gasteiger partial charge in [-0.05, 0) is 40.2 Å². The molecule has 0 aliphatic carbocycles.